The maximum atomic E-state index is 13.2. The zero-order valence-corrected chi connectivity index (χ0v) is 16.2. The molecule has 1 N–H and O–H groups in total. The highest BCUT2D eigenvalue weighted by Gasteiger charge is 2.40. The Bertz CT molecular complexity index is 1050. The Hall–Kier alpha value is -3.64. The van der Waals surface area contributed by atoms with Crippen LogP contribution in [0.15, 0.2) is 65.2 Å². The number of hydrogen-bond donors (Lipinski definition) is 1. The number of hydrogen-bond acceptors (Lipinski definition) is 6. The number of benzene rings is 2. The summed E-state index contributed by atoms with van der Waals surface area (Å²) in [7, 11) is 1.41. The zero-order chi connectivity index (χ0) is 21.0. The smallest absolute Gasteiger partial charge is 0.269 e. The number of para-hydroxylation sites is 1. The van der Waals surface area contributed by atoms with Crippen molar-refractivity contribution in [1.82, 2.24) is 5.32 Å². The van der Waals surface area contributed by atoms with Crippen LogP contribution in [-0.4, -0.2) is 29.0 Å². The van der Waals surface area contributed by atoms with Crippen molar-refractivity contribution < 1.29 is 14.5 Å². The molecule has 9 heteroatoms. The standard InChI is InChI=1S/C20H16N4O4S/c1-22-18(25)16(12-21)20-23(14-7-3-2-4-8-14)19(26)17(29-20)11-13-6-5-9-15(10-13)24(27)28/h2-10,17H,11H2,1H3,(H,22,25)/b20-16-/t17-/m0/s1. The summed E-state index contributed by atoms with van der Waals surface area (Å²) in [6.45, 7) is 0. The summed E-state index contributed by atoms with van der Waals surface area (Å²) in [5.41, 5.74) is 0.948. The van der Waals surface area contributed by atoms with Gasteiger partial charge in [0.1, 0.15) is 16.7 Å². The number of nitrogens with one attached hydrogen (secondary N) is 1. The van der Waals surface area contributed by atoms with Gasteiger partial charge in [0.2, 0.25) is 5.91 Å². The highest BCUT2D eigenvalue weighted by atomic mass is 32.2. The molecular formula is C20H16N4O4S. The summed E-state index contributed by atoms with van der Waals surface area (Å²) < 4.78 is 0. The number of carbonyl (C=O) groups excluding carboxylic acids is 2. The summed E-state index contributed by atoms with van der Waals surface area (Å²) in [6, 6.07) is 16.7. The van der Waals surface area contributed by atoms with Gasteiger partial charge in [0, 0.05) is 24.9 Å². The van der Waals surface area contributed by atoms with Crippen LogP contribution in [0.1, 0.15) is 5.56 Å². The number of thioether (sulfide) groups is 1. The summed E-state index contributed by atoms with van der Waals surface area (Å²) in [5, 5.41) is 22.6. The van der Waals surface area contributed by atoms with Crippen molar-refractivity contribution in [2.45, 2.75) is 11.7 Å². The second-order valence-electron chi connectivity index (χ2n) is 6.12. The van der Waals surface area contributed by atoms with Gasteiger partial charge in [-0.3, -0.25) is 24.6 Å². The van der Waals surface area contributed by atoms with Gasteiger partial charge in [-0.1, -0.05) is 42.1 Å². The highest BCUT2D eigenvalue weighted by Crippen LogP contribution is 2.41. The average molecular weight is 408 g/mol. The van der Waals surface area contributed by atoms with Crippen molar-refractivity contribution in [3.05, 3.63) is 80.9 Å². The SMILES string of the molecule is CNC(=O)/C(C#N)=C1\S[C@@H](Cc2cccc([N+](=O)[O-])c2)C(=O)N1c1ccccc1. The summed E-state index contributed by atoms with van der Waals surface area (Å²) in [6.07, 6.45) is 0.227. The maximum Gasteiger partial charge on any atom is 0.269 e. The molecule has 0 spiro atoms. The van der Waals surface area contributed by atoms with Crippen molar-refractivity contribution in [3.63, 3.8) is 0 Å². The molecule has 29 heavy (non-hydrogen) atoms. The number of non-ortho nitro benzene ring substituents is 1. The number of nitriles is 1. The van der Waals surface area contributed by atoms with Gasteiger partial charge >= 0.3 is 0 Å². The summed E-state index contributed by atoms with van der Waals surface area (Å²) >= 11 is 1.11. The number of likely N-dealkylation sites (N-methyl/N-ethyl adjacent to an activating group) is 1. The number of nitrogens with zero attached hydrogens (tertiary/aromatic N) is 3. The quantitative estimate of drug-likeness (QED) is 0.352. The molecule has 0 saturated carbocycles. The van der Waals surface area contributed by atoms with Gasteiger partial charge in [-0.15, -0.1) is 0 Å². The number of carbonyl (C=O) groups is 2. The second-order valence-corrected chi connectivity index (χ2v) is 7.31. The molecule has 2 aromatic rings. The van der Waals surface area contributed by atoms with Crippen LogP contribution in [0.2, 0.25) is 0 Å². The lowest BCUT2D eigenvalue weighted by molar-refractivity contribution is -0.384. The van der Waals surface area contributed by atoms with Crippen LogP contribution in [0.4, 0.5) is 11.4 Å². The Morgan fingerprint density at radius 2 is 2.00 bits per heavy atom. The van der Waals surface area contributed by atoms with Gasteiger partial charge in [0.05, 0.1) is 10.2 Å². The first kappa shape index (κ1) is 20.1. The highest BCUT2D eigenvalue weighted by molar-refractivity contribution is 8.05. The molecule has 1 heterocycles. The van der Waals surface area contributed by atoms with Crippen molar-refractivity contribution in [3.8, 4) is 6.07 Å². The second kappa shape index (κ2) is 8.58. The van der Waals surface area contributed by atoms with E-state index in [1.165, 1.54) is 24.1 Å². The van der Waals surface area contributed by atoms with E-state index < -0.39 is 16.1 Å². The molecule has 3 rings (SSSR count). The minimum absolute atomic E-state index is 0.0586. The minimum Gasteiger partial charge on any atom is -0.354 e. The predicted octanol–water partition coefficient (Wildman–Crippen LogP) is 2.77. The van der Waals surface area contributed by atoms with Crippen molar-refractivity contribution >= 4 is 35.0 Å². The van der Waals surface area contributed by atoms with Crippen LogP contribution in [0.3, 0.4) is 0 Å². The molecule has 1 aliphatic heterocycles. The Morgan fingerprint density at radius 3 is 2.62 bits per heavy atom. The molecule has 1 fully saturated rings. The van der Waals surface area contributed by atoms with Crippen LogP contribution in [0.5, 0.6) is 0 Å². The first-order chi connectivity index (χ1) is 14.0. The molecule has 0 unspecified atom stereocenters. The van der Waals surface area contributed by atoms with Gasteiger partial charge in [-0.05, 0) is 24.1 Å². The number of rotatable bonds is 5. The first-order valence-corrected chi connectivity index (χ1v) is 9.49. The third-order valence-corrected chi connectivity index (χ3v) is 5.55. The third-order valence-electron chi connectivity index (χ3n) is 4.29. The van der Waals surface area contributed by atoms with E-state index in [0.717, 1.165) is 11.8 Å². The molecule has 2 amide bonds. The van der Waals surface area contributed by atoms with E-state index in [4.69, 9.17) is 0 Å². The van der Waals surface area contributed by atoms with E-state index in [0.29, 0.717) is 11.3 Å². The molecule has 1 atom stereocenters. The van der Waals surface area contributed by atoms with Crippen molar-refractivity contribution in [2.75, 3.05) is 11.9 Å². The fraction of sp³-hybridized carbons (Fsp3) is 0.150. The molecule has 0 aromatic heterocycles. The number of anilines is 1. The number of nitro benzene ring substituents is 1. The van der Waals surface area contributed by atoms with Crippen LogP contribution < -0.4 is 10.2 Å². The lowest BCUT2D eigenvalue weighted by Gasteiger charge is -2.18. The van der Waals surface area contributed by atoms with Crippen LogP contribution in [-0.2, 0) is 16.0 Å². The van der Waals surface area contributed by atoms with E-state index in [-0.39, 0.29) is 28.6 Å². The molecule has 1 aliphatic rings. The Labute approximate surface area is 171 Å². The Kier molecular flexibility index (Phi) is 5.95. The average Bonchev–Trinajstić information content (AvgIpc) is 3.05. The van der Waals surface area contributed by atoms with Crippen molar-refractivity contribution in [1.29, 1.82) is 5.26 Å². The zero-order valence-electron chi connectivity index (χ0n) is 15.4. The summed E-state index contributed by atoms with van der Waals surface area (Å²) in [5.74, 6) is -0.876. The molecular weight excluding hydrogens is 392 g/mol. The topological polar surface area (TPSA) is 116 Å². The van der Waals surface area contributed by atoms with Crippen LogP contribution in [0, 0.1) is 21.4 Å². The molecule has 0 radical (unpaired) electrons. The molecule has 2 aromatic carbocycles. The largest absolute Gasteiger partial charge is 0.354 e. The lowest BCUT2D eigenvalue weighted by Crippen LogP contribution is -2.31. The number of nitro groups is 1. The summed E-state index contributed by atoms with van der Waals surface area (Å²) in [4.78, 5) is 37.2. The van der Waals surface area contributed by atoms with E-state index >= 15 is 0 Å². The van der Waals surface area contributed by atoms with Crippen LogP contribution >= 0.6 is 11.8 Å². The predicted molar refractivity (Wildman–Crippen MR) is 109 cm³/mol. The van der Waals surface area contributed by atoms with E-state index in [9.17, 15) is 25.0 Å². The minimum atomic E-state index is -0.625. The third kappa shape index (κ3) is 4.12. The van der Waals surface area contributed by atoms with Crippen LogP contribution in [0.25, 0.3) is 0 Å². The van der Waals surface area contributed by atoms with E-state index in [1.807, 2.05) is 6.07 Å². The van der Waals surface area contributed by atoms with Gasteiger partial charge < -0.3 is 5.32 Å². The monoisotopic (exact) mass is 408 g/mol. The van der Waals surface area contributed by atoms with Gasteiger partial charge in [-0.25, -0.2) is 0 Å². The Balaban J connectivity index is 2.02. The Morgan fingerprint density at radius 1 is 1.28 bits per heavy atom. The van der Waals surface area contributed by atoms with Gasteiger partial charge in [0.25, 0.3) is 11.6 Å². The first-order valence-electron chi connectivity index (χ1n) is 8.61. The molecule has 0 aliphatic carbocycles. The normalized spacial score (nSPS) is 17.6. The number of amides is 2. The van der Waals surface area contributed by atoms with Gasteiger partial charge in [0.15, 0.2) is 0 Å². The molecule has 8 nitrogen and oxygen atoms in total. The van der Waals surface area contributed by atoms with Gasteiger partial charge in [-0.2, -0.15) is 5.26 Å². The maximum absolute atomic E-state index is 13.2. The lowest BCUT2D eigenvalue weighted by atomic mass is 10.1. The molecule has 146 valence electrons. The fourth-order valence-electron chi connectivity index (χ4n) is 2.93. The molecule has 0 bridgehead atoms. The fourth-order valence-corrected chi connectivity index (χ4v) is 4.24. The van der Waals surface area contributed by atoms with E-state index in [1.54, 1.807) is 42.5 Å². The molecule has 1 saturated heterocycles. The van der Waals surface area contributed by atoms with E-state index in [2.05, 4.69) is 5.32 Å². The van der Waals surface area contributed by atoms with Crippen molar-refractivity contribution in [2.24, 2.45) is 0 Å².